The van der Waals surface area contributed by atoms with Crippen LogP contribution in [0.5, 0.6) is 0 Å². The molecule has 138 valence electrons. The highest BCUT2D eigenvalue weighted by atomic mass is 19.1. The monoisotopic (exact) mass is 359 g/mol. The standard InChI is InChI=1S/C19H23F2N5/c1-3-5-6-16(24-12-25-23)17-10-7-13(11-26(17)4-2)18-14(20)8-9-15(22)19(18)21/h4,7-12H,2-3,5-6,22-23H2,1H3,(H,24,25)/b17-16+. The number of nitrogens with zero attached hydrogens (tertiary/aromatic N) is 2. The molecule has 0 aliphatic carbocycles. The Hall–Kier alpha value is -2.93. The van der Waals surface area contributed by atoms with Crippen LogP contribution in [-0.4, -0.2) is 11.2 Å². The van der Waals surface area contributed by atoms with Gasteiger partial charge in [0.15, 0.2) is 5.82 Å². The number of nitrogens with two attached hydrogens (primary N) is 2. The van der Waals surface area contributed by atoms with Crippen molar-refractivity contribution in [2.24, 2.45) is 10.8 Å². The number of halogens is 2. The lowest BCUT2D eigenvalue weighted by atomic mass is 10.0. The van der Waals surface area contributed by atoms with E-state index >= 15 is 0 Å². The van der Waals surface area contributed by atoms with E-state index in [1.54, 1.807) is 29.5 Å². The summed E-state index contributed by atoms with van der Waals surface area (Å²) in [5.41, 5.74) is 9.57. The van der Waals surface area contributed by atoms with E-state index in [0.29, 0.717) is 5.57 Å². The van der Waals surface area contributed by atoms with Crippen molar-refractivity contribution in [3.63, 3.8) is 0 Å². The lowest BCUT2D eigenvalue weighted by Gasteiger charge is -2.24. The molecule has 2 rings (SSSR count). The molecule has 1 aliphatic heterocycles. The van der Waals surface area contributed by atoms with Crippen molar-refractivity contribution >= 4 is 17.6 Å². The predicted octanol–water partition coefficient (Wildman–Crippen LogP) is 3.80. The summed E-state index contributed by atoms with van der Waals surface area (Å²) in [5.74, 6) is 3.80. The van der Waals surface area contributed by atoms with Crippen molar-refractivity contribution in [3.05, 3.63) is 71.9 Å². The third kappa shape index (κ3) is 4.18. The van der Waals surface area contributed by atoms with E-state index in [1.165, 1.54) is 12.4 Å². The molecular formula is C19H23F2N5. The molecule has 0 aromatic heterocycles. The number of nitrogen functional groups attached to an aromatic ring is 1. The highest BCUT2D eigenvalue weighted by Crippen LogP contribution is 2.32. The van der Waals surface area contributed by atoms with Crippen LogP contribution < -0.4 is 17.0 Å². The Bertz CT molecular complexity index is 793. The van der Waals surface area contributed by atoms with Gasteiger partial charge < -0.3 is 16.1 Å². The largest absolute Gasteiger partial charge is 0.396 e. The van der Waals surface area contributed by atoms with E-state index in [9.17, 15) is 8.78 Å². The van der Waals surface area contributed by atoms with Crippen LogP contribution in [0.25, 0.3) is 5.57 Å². The Morgan fingerprint density at radius 1 is 1.35 bits per heavy atom. The molecule has 5 N–H and O–H groups in total. The summed E-state index contributed by atoms with van der Waals surface area (Å²) < 4.78 is 28.5. The molecule has 1 aromatic rings. The van der Waals surface area contributed by atoms with Gasteiger partial charge in [-0.1, -0.05) is 26.0 Å². The Labute approximate surface area is 152 Å². The first-order valence-corrected chi connectivity index (χ1v) is 8.29. The van der Waals surface area contributed by atoms with Crippen LogP contribution in [-0.2, 0) is 0 Å². The minimum absolute atomic E-state index is 0.107. The first kappa shape index (κ1) is 19.4. The topological polar surface area (TPSA) is 79.7 Å². The third-order valence-corrected chi connectivity index (χ3v) is 3.94. The van der Waals surface area contributed by atoms with Gasteiger partial charge in [0.2, 0.25) is 0 Å². The zero-order chi connectivity index (χ0) is 19.1. The number of hydrazine groups is 1. The van der Waals surface area contributed by atoms with E-state index in [1.807, 2.05) is 0 Å². The number of aliphatic imine (C=N–C) groups is 1. The molecule has 7 heteroatoms. The van der Waals surface area contributed by atoms with Crippen molar-refractivity contribution < 1.29 is 8.78 Å². The fraction of sp³-hybridized carbons (Fsp3) is 0.211. The Morgan fingerprint density at radius 3 is 2.77 bits per heavy atom. The average molecular weight is 359 g/mol. The number of unbranched alkanes of at least 4 members (excludes halogenated alkanes) is 1. The molecule has 0 atom stereocenters. The van der Waals surface area contributed by atoms with Gasteiger partial charge >= 0.3 is 0 Å². The molecule has 0 radical (unpaired) electrons. The van der Waals surface area contributed by atoms with E-state index in [0.717, 1.165) is 36.7 Å². The van der Waals surface area contributed by atoms with E-state index in [-0.39, 0.29) is 11.3 Å². The molecule has 1 heterocycles. The van der Waals surface area contributed by atoms with Gasteiger partial charge in [0.1, 0.15) is 12.2 Å². The highest BCUT2D eigenvalue weighted by molar-refractivity contribution is 5.78. The lowest BCUT2D eigenvalue weighted by Crippen LogP contribution is -2.20. The van der Waals surface area contributed by atoms with Crippen molar-refractivity contribution in [1.82, 2.24) is 10.3 Å². The Morgan fingerprint density at radius 2 is 2.12 bits per heavy atom. The molecule has 0 saturated heterocycles. The van der Waals surface area contributed by atoms with Gasteiger partial charge in [0.25, 0.3) is 0 Å². The number of rotatable bonds is 7. The molecule has 1 aliphatic rings. The second-order valence-electron chi connectivity index (χ2n) is 5.69. The summed E-state index contributed by atoms with van der Waals surface area (Å²) in [6, 6.07) is 2.35. The zero-order valence-corrected chi connectivity index (χ0v) is 14.7. The van der Waals surface area contributed by atoms with E-state index in [4.69, 9.17) is 11.6 Å². The van der Waals surface area contributed by atoms with Crippen molar-refractivity contribution in [1.29, 1.82) is 0 Å². The van der Waals surface area contributed by atoms with Gasteiger partial charge in [0, 0.05) is 18.0 Å². The number of benzene rings is 1. The number of anilines is 1. The van der Waals surface area contributed by atoms with Crippen molar-refractivity contribution in [2.75, 3.05) is 5.73 Å². The van der Waals surface area contributed by atoms with Crippen molar-refractivity contribution in [2.45, 2.75) is 26.2 Å². The summed E-state index contributed by atoms with van der Waals surface area (Å²) >= 11 is 0. The predicted molar refractivity (Wildman–Crippen MR) is 102 cm³/mol. The fourth-order valence-corrected chi connectivity index (χ4v) is 2.61. The molecule has 0 unspecified atom stereocenters. The first-order valence-electron chi connectivity index (χ1n) is 8.29. The van der Waals surface area contributed by atoms with Gasteiger partial charge in [-0.05, 0) is 31.1 Å². The molecule has 1 aromatic carbocycles. The van der Waals surface area contributed by atoms with Crippen LogP contribution in [0, 0.1) is 11.6 Å². The maximum absolute atomic E-state index is 14.3. The summed E-state index contributed by atoms with van der Waals surface area (Å²) in [6.45, 7) is 5.86. The highest BCUT2D eigenvalue weighted by Gasteiger charge is 2.20. The molecule has 0 bridgehead atoms. The molecular weight excluding hydrogens is 336 g/mol. The van der Waals surface area contributed by atoms with Crippen LogP contribution in [0.4, 0.5) is 14.5 Å². The van der Waals surface area contributed by atoms with Crippen LogP contribution >= 0.6 is 0 Å². The summed E-state index contributed by atoms with van der Waals surface area (Å²) in [5, 5.41) is 0. The number of nitrogens with one attached hydrogen (secondary N) is 1. The van der Waals surface area contributed by atoms with Gasteiger partial charge in [0.05, 0.1) is 22.6 Å². The maximum Gasteiger partial charge on any atom is 0.156 e. The third-order valence-electron chi connectivity index (χ3n) is 3.94. The summed E-state index contributed by atoms with van der Waals surface area (Å²) in [6.07, 6.45) is 10.6. The number of hydrogen-bond donors (Lipinski definition) is 3. The van der Waals surface area contributed by atoms with Gasteiger partial charge in [-0.15, -0.1) is 0 Å². The van der Waals surface area contributed by atoms with E-state index in [2.05, 4.69) is 23.9 Å². The maximum atomic E-state index is 14.3. The minimum Gasteiger partial charge on any atom is -0.396 e. The second kappa shape index (κ2) is 8.96. The summed E-state index contributed by atoms with van der Waals surface area (Å²) in [4.78, 5) is 6.01. The lowest BCUT2D eigenvalue weighted by molar-refractivity contribution is 0.577. The zero-order valence-electron chi connectivity index (χ0n) is 14.7. The van der Waals surface area contributed by atoms with E-state index < -0.39 is 11.6 Å². The molecule has 5 nitrogen and oxygen atoms in total. The Kier molecular flexibility index (Phi) is 6.68. The van der Waals surface area contributed by atoms with Crippen LogP contribution in [0.15, 0.2) is 59.7 Å². The number of allylic oxidation sites excluding steroid dienone is 4. The smallest absolute Gasteiger partial charge is 0.156 e. The molecule has 0 spiro atoms. The molecule has 0 fully saturated rings. The van der Waals surface area contributed by atoms with Gasteiger partial charge in [-0.2, -0.15) is 0 Å². The molecule has 0 amide bonds. The SMILES string of the molecule is C=CN1C=C(c2c(F)ccc(N)c2F)C=C/C1=C(/CCCC)N=CNN. The average Bonchev–Trinajstić information content (AvgIpc) is 2.65. The normalized spacial score (nSPS) is 16.0. The second-order valence-corrected chi connectivity index (χ2v) is 5.69. The van der Waals surface area contributed by atoms with Crippen LogP contribution in [0.3, 0.4) is 0 Å². The quantitative estimate of drug-likeness (QED) is 0.227. The van der Waals surface area contributed by atoms with Crippen LogP contribution in [0.1, 0.15) is 31.7 Å². The number of hydrogen-bond acceptors (Lipinski definition) is 4. The van der Waals surface area contributed by atoms with Crippen LogP contribution in [0.2, 0.25) is 0 Å². The molecule has 0 saturated carbocycles. The Balaban J connectivity index is 2.49. The molecule has 26 heavy (non-hydrogen) atoms. The summed E-state index contributed by atoms with van der Waals surface area (Å²) in [7, 11) is 0. The van der Waals surface area contributed by atoms with Gasteiger partial charge in [-0.25, -0.2) is 19.6 Å². The van der Waals surface area contributed by atoms with Crippen molar-refractivity contribution in [3.8, 4) is 0 Å². The first-order chi connectivity index (χ1) is 12.5. The fourth-order valence-electron chi connectivity index (χ4n) is 2.61. The van der Waals surface area contributed by atoms with Gasteiger partial charge in [-0.3, -0.25) is 0 Å². The minimum atomic E-state index is -0.783.